The average molecular weight is 526 g/mol. The van der Waals surface area contributed by atoms with E-state index in [2.05, 4.69) is 32.3 Å². The Labute approximate surface area is 192 Å². The van der Waals surface area contributed by atoms with Gasteiger partial charge in [-0.2, -0.15) is 0 Å². The third-order valence-electron chi connectivity index (χ3n) is 4.29. The van der Waals surface area contributed by atoms with Gasteiger partial charge in [-0.3, -0.25) is 0 Å². The summed E-state index contributed by atoms with van der Waals surface area (Å²) < 4.78 is 7.67. The van der Waals surface area contributed by atoms with Crippen LogP contribution in [-0.4, -0.2) is 27.3 Å². The van der Waals surface area contributed by atoms with E-state index in [0.717, 1.165) is 28.9 Å². The van der Waals surface area contributed by atoms with E-state index < -0.39 is 0 Å². The first-order valence-corrected chi connectivity index (χ1v) is 10.2. The van der Waals surface area contributed by atoms with E-state index in [1.54, 1.807) is 11.3 Å². The summed E-state index contributed by atoms with van der Waals surface area (Å²) >= 11 is 1.72. The van der Waals surface area contributed by atoms with Crippen molar-refractivity contribution < 1.29 is 4.74 Å². The quantitative estimate of drug-likeness (QED) is 0.266. The molecule has 0 aliphatic rings. The fourth-order valence-corrected chi connectivity index (χ4v) is 3.27. The molecular weight excluding hydrogens is 499 g/mol. The number of hydrogen-bond donors (Lipinski definition) is 2. The van der Waals surface area contributed by atoms with Crippen LogP contribution in [0.3, 0.4) is 0 Å². The van der Waals surface area contributed by atoms with E-state index in [0.29, 0.717) is 26.2 Å². The Balaban J connectivity index is 0.00000300. The minimum absolute atomic E-state index is 0. The lowest BCUT2D eigenvalue weighted by molar-refractivity contribution is 0.336. The van der Waals surface area contributed by atoms with Gasteiger partial charge in [0.15, 0.2) is 11.8 Å². The number of nitrogens with zero attached hydrogens (tertiary/aromatic N) is 4. The van der Waals surface area contributed by atoms with Crippen LogP contribution < -0.4 is 15.4 Å². The largest absolute Gasteiger partial charge is 0.494 e. The Hall–Kier alpha value is -2.14. The summed E-state index contributed by atoms with van der Waals surface area (Å²) in [6, 6.07) is 12.1. The number of benzene rings is 1. The van der Waals surface area contributed by atoms with E-state index >= 15 is 0 Å². The van der Waals surface area contributed by atoms with Crippen LogP contribution in [0.25, 0.3) is 0 Å². The molecule has 0 unspecified atom stereocenters. The van der Waals surface area contributed by atoms with E-state index in [4.69, 9.17) is 9.73 Å². The number of aromatic nitrogens is 3. The predicted octanol–water partition coefficient (Wildman–Crippen LogP) is 3.64. The topological polar surface area (TPSA) is 76.4 Å². The monoisotopic (exact) mass is 526 g/mol. The van der Waals surface area contributed by atoms with Gasteiger partial charge in [0.05, 0.1) is 26.2 Å². The number of guanidine groups is 1. The van der Waals surface area contributed by atoms with Crippen molar-refractivity contribution in [3.63, 3.8) is 0 Å². The molecular formula is C20H27IN6OS. The first-order valence-electron chi connectivity index (χ1n) is 9.27. The number of hydrogen-bond acceptors (Lipinski definition) is 5. The van der Waals surface area contributed by atoms with Crippen molar-refractivity contribution in [3.05, 3.63) is 63.9 Å². The van der Waals surface area contributed by atoms with Crippen LogP contribution in [0, 0.1) is 6.92 Å². The number of ether oxygens (including phenoxy) is 1. The zero-order valence-electron chi connectivity index (χ0n) is 16.9. The maximum Gasteiger partial charge on any atom is 0.192 e. The molecule has 2 heterocycles. The van der Waals surface area contributed by atoms with Gasteiger partial charge in [-0.15, -0.1) is 45.5 Å². The molecule has 0 amide bonds. The molecule has 0 fully saturated rings. The summed E-state index contributed by atoms with van der Waals surface area (Å²) in [5.41, 5.74) is 1.05. The summed E-state index contributed by atoms with van der Waals surface area (Å²) in [7, 11) is 1.96. The molecule has 0 saturated heterocycles. The maximum atomic E-state index is 5.71. The standard InChI is InChI=1S/C20H26N6OS.HI/c1-4-27-18-10-6-5-8-16(18)12-21-20(22-13-17-9-7-11-28-17)23-14-19-25-24-15(2)26(19)3;/h5-11H,4,12-14H2,1-3H3,(H2,21,22,23);1H. The van der Waals surface area contributed by atoms with Crippen LogP contribution in [0.2, 0.25) is 0 Å². The number of para-hydroxylation sites is 1. The number of thiophene rings is 1. The normalized spacial score (nSPS) is 11.1. The molecule has 2 N–H and O–H groups in total. The molecule has 9 heteroatoms. The second-order valence-corrected chi connectivity index (χ2v) is 7.25. The number of rotatable bonds is 8. The zero-order valence-corrected chi connectivity index (χ0v) is 20.0. The first kappa shape index (κ1) is 23.1. The van der Waals surface area contributed by atoms with Gasteiger partial charge in [-0.05, 0) is 31.4 Å². The van der Waals surface area contributed by atoms with Crippen LogP contribution in [0.15, 0.2) is 46.8 Å². The minimum atomic E-state index is 0. The summed E-state index contributed by atoms with van der Waals surface area (Å²) in [5, 5.41) is 17.1. The van der Waals surface area contributed by atoms with E-state index in [9.17, 15) is 0 Å². The fraction of sp³-hybridized carbons (Fsp3) is 0.350. The van der Waals surface area contributed by atoms with E-state index in [1.165, 1.54) is 4.88 Å². The van der Waals surface area contributed by atoms with E-state index in [1.807, 2.05) is 55.8 Å². The molecule has 7 nitrogen and oxygen atoms in total. The first-order chi connectivity index (χ1) is 13.7. The van der Waals surface area contributed by atoms with Crippen molar-refractivity contribution in [2.45, 2.75) is 33.5 Å². The third-order valence-corrected chi connectivity index (χ3v) is 5.16. The Bertz CT molecular complexity index is 910. The van der Waals surface area contributed by atoms with Crippen LogP contribution >= 0.6 is 35.3 Å². The van der Waals surface area contributed by atoms with Gasteiger partial charge in [-0.1, -0.05) is 24.3 Å². The number of aryl methyl sites for hydroxylation is 1. The highest BCUT2D eigenvalue weighted by atomic mass is 127. The molecule has 29 heavy (non-hydrogen) atoms. The number of nitrogens with one attached hydrogen (secondary N) is 2. The molecule has 3 rings (SSSR count). The van der Waals surface area contributed by atoms with Crippen molar-refractivity contribution >= 4 is 41.3 Å². The summed E-state index contributed by atoms with van der Waals surface area (Å²) in [6.07, 6.45) is 0. The molecule has 0 saturated carbocycles. The Kier molecular flexibility index (Phi) is 9.39. The van der Waals surface area contributed by atoms with Crippen molar-refractivity contribution in [2.75, 3.05) is 6.61 Å². The number of halogens is 1. The van der Waals surface area contributed by atoms with Gasteiger partial charge >= 0.3 is 0 Å². The molecule has 156 valence electrons. The second kappa shape index (κ2) is 11.8. The Morgan fingerprint density at radius 3 is 2.62 bits per heavy atom. The zero-order chi connectivity index (χ0) is 19.8. The van der Waals surface area contributed by atoms with Crippen LogP contribution in [0.5, 0.6) is 5.75 Å². The summed E-state index contributed by atoms with van der Waals surface area (Å²) in [5.74, 6) is 3.33. The highest BCUT2D eigenvalue weighted by Gasteiger charge is 2.08. The maximum absolute atomic E-state index is 5.71. The van der Waals surface area contributed by atoms with Gasteiger partial charge in [0.25, 0.3) is 0 Å². The average Bonchev–Trinajstić information content (AvgIpc) is 3.33. The van der Waals surface area contributed by atoms with Crippen LogP contribution in [0.1, 0.15) is 29.0 Å². The summed E-state index contributed by atoms with van der Waals surface area (Å²) in [4.78, 5) is 6.00. The highest BCUT2D eigenvalue weighted by molar-refractivity contribution is 14.0. The highest BCUT2D eigenvalue weighted by Crippen LogP contribution is 2.18. The molecule has 1 aromatic carbocycles. The van der Waals surface area contributed by atoms with Gasteiger partial charge in [0.2, 0.25) is 0 Å². The van der Waals surface area contributed by atoms with Crippen molar-refractivity contribution in [1.82, 2.24) is 25.4 Å². The predicted molar refractivity (Wildman–Crippen MR) is 128 cm³/mol. The lowest BCUT2D eigenvalue weighted by Crippen LogP contribution is -2.37. The van der Waals surface area contributed by atoms with Gasteiger partial charge in [0.1, 0.15) is 11.6 Å². The summed E-state index contributed by atoms with van der Waals surface area (Å²) in [6.45, 7) is 6.33. The van der Waals surface area contributed by atoms with Gasteiger partial charge < -0.3 is 19.9 Å². The molecule has 0 atom stereocenters. The molecule has 3 aromatic rings. The SMILES string of the molecule is CCOc1ccccc1CN=C(NCc1cccs1)NCc1nnc(C)n1C.I. The lowest BCUT2D eigenvalue weighted by Gasteiger charge is -2.13. The lowest BCUT2D eigenvalue weighted by atomic mass is 10.2. The Morgan fingerprint density at radius 2 is 1.93 bits per heavy atom. The Morgan fingerprint density at radius 1 is 1.14 bits per heavy atom. The second-order valence-electron chi connectivity index (χ2n) is 6.21. The van der Waals surface area contributed by atoms with E-state index in [-0.39, 0.29) is 24.0 Å². The van der Waals surface area contributed by atoms with Gasteiger partial charge in [-0.25, -0.2) is 4.99 Å². The van der Waals surface area contributed by atoms with Gasteiger partial charge in [0, 0.05) is 17.5 Å². The molecule has 0 radical (unpaired) electrons. The molecule has 0 aliphatic heterocycles. The minimum Gasteiger partial charge on any atom is -0.494 e. The van der Waals surface area contributed by atoms with Crippen molar-refractivity contribution in [3.8, 4) is 5.75 Å². The third kappa shape index (κ3) is 6.70. The molecule has 0 spiro atoms. The van der Waals surface area contributed by atoms with Crippen molar-refractivity contribution in [1.29, 1.82) is 0 Å². The van der Waals surface area contributed by atoms with Crippen molar-refractivity contribution in [2.24, 2.45) is 12.0 Å². The van der Waals surface area contributed by atoms with Crippen LogP contribution in [-0.2, 0) is 26.7 Å². The number of aliphatic imine (C=N–C) groups is 1. The smallest absolute Gasteiger partial charge is 0.192 e. The molecule has 0 bridgehead atoms. The van der Waals surface area contributed by atoms with Crippen LogP contribution in [0.4, 0.5) is 0 Å². The molecule has 2 aromatic heterocycles. The molecule has 0 aliphatic carbocycles. The fourth-order valence-electron chi connectivity index (χ4n) is 2.62.